The Morgan fingerprint density at radius 1 is 1.64 bits per heavy atom. The number of nitrogens with zero attached hydrogens (tertiary/aromatic N) is 3. The van der Waals surface area contributed by atoms with Crippen LogP contribution in [0.25, 0.3) is 0 Å². The fraction of sp³-hybridized carbons (Fsp3) is 0.625. The molecule has 0 saturated heterocycles. The van der Waals surface area contributed by atoms with Gasteiger partial charge in [0.2, 0.25) is 5.91 Å². The first-order chi connectivity index (χ1) is 6.72. The second-order valence-corrected chi connectivity index (χ2v) is 4.15. The third kappa shape index (κ3) is 1.75. The topological polar surface area (TPSA) is 73.8 Å². The predicted molar refractivity (Wildman–Crippen MR) is 53.0 cm³/mol. The highest BCUT2D eigenvalue weighted by molar-refractivity contribution is 7.98. The second kappa shape index (κ2) is 3.61. The highest BCUT2D eigenvalue weighted by Gasteiger charge is 2.30. The van der Waals surface area contributed by atoms with Gasteiger partial charge in [-0.1, -0.05) is 11.8 Å². The lowest BCUT2D eigenvalue weighted by molar-refractivity contribution is -0.118. The van der Waals surface area contributed by atoms with Gasteiger partial charge >= 0.3 is 0 Å². The van der Waals surface area contributed by atoms with Crippen LogP contribution in [0.1, 0.15) is 24.6 Å². The Kier molecular flexibility index (Phi) is 2.45. The number of carbonyl (C=O) groups is 1. The number of thioether (sulfide) groups is 1. The molecule has 0 unspecified atom stereocenters. The van der Waals surface area contributed by atoms with E-state index in [2.05, 4.69) is 10.2 Å². The zero-order valence-corrected chi connectivity index (χ0v) is 8.75. The number of hydrogen-bond donors (Lipinski definition) is 1. The van der Waals surface area contributed by atoms with Gasteiger partial charge in [-0.15, -0.1) is 10.2 Å². The molecule has 6 heteroatoms. The van der Waals surface area contributed by atoms with Crippen LogP contribution in [0.2, 0.25) is 0 Å². The summed E-state index contributed by atoms with van der Waals surface area (Å²) in [7, 11) is 0. The number of rotatable bonds is 4. The van der Waals surface area contributed by atoms with Crippen molar-refractivity contribution in [2.24, 2.45) is 5.73 Å². The third-order valence-electron chi connectivity index (χ3n) is 2.18. The standard InChI is InChI=1S/C8H12N4OS/c1-14-8-11-10-7(5-2-3-5)12(8)4-6(9)13/h5H,2-4H2,1H3,(H2,9,13). The van der Waals surface area contributed by atoms with E-state index in [0.29, 0.717) is 5.92 Å². The van der Waals surface area contributed by atoms with Gasteiger partial charge in [-0.3, -0.25) is 9.36 Å². The van der Waals surface area contributed by atoms with E-state index >= 15 is 0 Å². The fourth-order valence-corrected chi connectivity index (χ4v) is 1.90. The maximum atomic E-state index is 10.9. The molecule has 0 spiro atoms. The van der Waals surface area contributed by atoms with Gasteiger partial charge in [0.25, 0.3) is 0 Å². The molecule has 0 atom stereocenters. The van der Waals surface area contributed by atoms with Crippen LogP contribution in [0.3, 0.4) is 0 Å². The minimum absolute atomic E-state index is 0.189. The van der Waals surface area contributed by atoms with Crippen molar-refractivity contribution in [1.82, 2.24) is 14.8 Å². The van der Waals surface area contributed by atoms with E-state index in [1.807, 2.05) is 10.8 Å². The Bertz CT molecular complexity index is 358. The third-order valence-corrected chi connectivity index (χ3v) is 2.85. The normalized spacial score (nSPS) is 15.8. The van der Waals surface area contributed by atoms with Crippen molar-refractivity contribution in [1.29, 1.82) is 0 Å². The summed E-state index contributed by atoms with van der Waals surface area (Å²) in [4.78, 5) is 10.9. The van der Waals surface area contributed by atoms with Gasteiger partial charge in [0.15, 0.2) is 5.16 Å². The largest absolute Gasteiger partial charge is 0.368 e. The summed E-state index contributed by atoms with van der Waals surface area (Å²) in [6.45, 7) is 0.189. The molecule has 2 rings (SSSR count). The molecule has 1 aromatic rings. The van der Waals surface area contributed by atoms with Crippen molar-refractivity contribution in [2.45, 2.75) is 30.5 Å². The summed E-state index contributed by atoms with van der Waals surface area (Å²) in [5, 5.41) is 8.87. The maximum Gasteiger partial charge on any atom is 0.237 e. The first-order valence-electron chi connectivity index (χ1n) is 4.47. The lowest BCUT2D eigenvalue weighted by atomic mass is 10.4. The smallest absolute Gasteiger partial charge is 0.237 e. The summed E-state index contributed by atoms with van der Waals surface area (Å²) >= 11 is 1.48. The fourth-order valence-electron chi connectivity index (χ4n) is 1.40. The molecule has 0 aliphatic heterocycles. The Labute approximate surface area is 86.1 Å². The molecule has 1 saturated carbocycles. The number of aromatic nitrogens is 3. The summed E-state index contributed by atoms with van der Waals surface area (Å²) < 4.78 is 1.82. The van der Waals surface area contributed by atoms with Crippen molar-refractivity contribution in [3.63, 3.8) is 0 Å². The Morgan fingerprint density at radius 3 is 2.86 bits per heavy atom. The molecule has 1 heterocycles. The van der Waals surface area contributed by atoms with E-state index in [9.17, 15) is 4.79 Å². The van der Waals surface area contributed by atoms with Crippen molar-refractivity contribution < 1.29 is 4.79 Å². The number of carbonyl (C=O) groups excluding carboxylic acids is 1. The molecule has 5 nitrogen and oxygen atoms in total. The van der Waals surface area contributed by atoms with Gasteiger partial charge in [-0.05, 0) is 19.1 Å². The second-order valence-electron chi connectivity index (χ2n) is 3.37. The average Bonchev–Trinajstić information content (AvgIpc) is 2.89. The lowest BCUT2D eigenvalue weighted by Crippen LogP contribution is -2.20. The molecule has 2 N–H and O–H groups in total. The molecule has 0 bridgehead atoms. The van der Waals surface area contributed by atoms with Gasteiger partial charge in [0, 0.05) is 5.92 Å². The van der Waals surface area contributed by atoms with Crippen LogP contribution in [0, 0.1) is 0 Å². The number of hydrogen-bond acceptors (Lipinski definition) is 4. The molecule has 1 aromatic heterocycles. The van der Waals surface area contributed by atoms with Gasteiger partial charge in [0.05, 0.1) is 0 Å². The van der Waals surface area contributed by atoms with Gasteiger partial charge in [0.1, 0.15) is 12.4 Å². The highest BCUT2D eigenvalue weighted by Crippen LogP contribution is 2.39. The Hall–Kier alpha value is -1.04. The maximum absolute atomic E-state index is 10.9. The van der Waals surface area contributed by atoms with Crippen LogP contribution < -0.4 is 5.73 Å². The molecule has 1 fully saturated rings. The molecule has 1 amide bonds. The Balaban J connectivity index is 2.30. The average molecular weight is 212 g/mol. The van der Waals surface area contributed by atoms with Gasteiger partial charge in [-0.2, -0.15) is 0 Å². The molecule has 0 radical (unpaired) electrons. The first-order valence-corrected chi connectivity index (χ1v) is 5.70. The highest BCUT2D eigenvalue weighted by atomic mass is 32.2. The summed E-state index contributed by atoms with van der Waals surface area (Å²) in [5.41, 5.74) is 5.17. The lowest BCUT2D eigenvalue weighted by Gasteiger charge is -2.04. The van der Waals surface area contributed by atoms with Gasteiger partial charge in [-0.25, -0.2) is 0 Å². The van der Waals surface area contributed by atoms with Crippen molar-refractivity contribution >= 4 is 17.7 Å². The van der Waals surface area contributed by atoms with Crippen LogP contribution in [0.4, 0.5) is 0 Å². The number of primary amides is 1. The van der Waals surface area contributed by atoms with Crippen LogP contribution in [0.15, 0.2) is 5.16 Å². The molecule has 1 aliphatic rings. The van der Waals surface area contributed by atoms with E-state index < -0.39 is 0 Å². The molecular formula is C8H12N4OS. The SMILES string of the molecule is CSc1nnc(C2CC2)n1CC(N)=O. The first kappa shape index (κ1) is 9.51. The molecule has 0 aromatic carbocycles. The molecule has 1 aliphatic carbocycles. The number of nitrogens with two attached hydrogens (primary N) is 1. The van der Waals surface area contributed by atoms with Crippen LogP contribution in [-0.4, -0.2) is 26.9 Å². The van der Waals surface area contributed by atoms with E-state index in [1.165, 1.54) is 11.8 Å². The molecule has 14 heavy (non-hydrogen) atoms. The zero-order chi connectivity index (χ0) is 10.1. The van der Waals surface area contributed by atoms with E-state index in [4.69, 9.17) is 5.73 Å². The Morgan fingerprint density at radius 2 is 2.36 bits per heavy atom. The summed E-state index contributed by atoms with van der Waals surface area (Å²) in [6, 6.07) is 0. The van der Waals surface area contributed by atoms with Crippen molar-refractivity contribution in [3.8, 4) is 0 Å². The molecule has 76 valence electrons. The van der Waals surface area contributed by atoms with E-state index in [-0.39, 0.29) is 12.5 Å². The van der Waals surface area contributed by atoms with Crippen molar-refractivity contribution in [2.75, 3.05) is 6.26 Å². The van der Waals surface area contributed by atoms with Crippen LogP contribution >= 0.6 is 11.8 Å². The minimum atomic E-state index is -0.345. The van der Waals surface area contributed by atoms with E-state index in [0.717, 1.165) is 23.8 Å². The quantitative estimate of drug-likeness (QED) is 0.731. The number of amides is 1. The molecular weight excluding hydrogens is 200 g/mol. The van der Waals surface area contributed by atoms with Crippen molar-refractivity contribution in [3.05, 3.63) is 5.82 Å². The monoisotopic (exact) mass is 212 g/mol. The van der Waals surface area contributed by atoms with Crippen LogP contribution in [0.5, 0.6) is 0 Å². The summed E-state index contributed by atoms with van der Waals surface area (Å²) in [6.07, 6.45) is 4.20. The van der Waals surface area contributed by atoms with E-state index in [1.54, 1.807) is 0 Å². The summed E-state index contributed by atoms with van der Waals surface area (Å²) in [5.74, 6) is 1.05. The zero-order valence-electron chi connectivity index (χ0n) is 7.93. The van der Waals surface area contributed by atoms with Crippen LogP contribution in [-0.2, 0) is 11.3 Å². The minimum Gasteiger partial charge on any atom is -0.368 e. The van der Waals surface area contributed by atoms with Gasteiger partial charge < -0.3 is 5.73 Å². The predicted octanol–water partition coefficient (Wildman–Crippen LogP) is 0.363.